The standard InChI is InChI=1S/C12H19N3.ClH/c1-10-8-13-6-7-15(10)9-12-4-3-5-14-11(12)2;/h3-5,10,13H,6-9H2,1-2H3;1H. The lowest BCUT2D eigenvalue weighted by Gasteiger charge is -2.34. The van der Waals surface area contributed by atoms with E-state index in [0.29, 0.717) is 6.04 Å². The maximum atomic E-state index is 4.33. The Morgan fingerprint density at radius 2 is 2.38 bits per heavy atom. The predicted molar refractivity (Wildman–Crippen MR) is 69.0 cm³/mol. The number of halogens is 1. The lowest BCUT2D eigenvalue weighted by atomic mass is 10.1. The third-order valence-electron chi connectivity index (χ3n) is 3.13. The van der Waals surface area contributed by atoms with E-state index in [1.54, 1.807) is 0 Å². The molecule has 2 rings (SSSR count). The summed E-state index contributed by atoms with van der Waals surface area (Å²) >= 11 is 0. The molecule has 1 aromatic rings. The van der Waals surface area contributed by atoms with Crippen molar-refractivity contribution in [3.63, 3.8) is 0 Å². The lowest BCUT2D eigenvalue weighted by molar-refractivity contribution is 0.165. The van der Waals surface area contributed by atoms with E-state index in [9.17, 15) is 0 Å². The van der Waals surface area contributed by atoms with Crippen LogP contribution in [0.5, 0.6) is 0 Å². The molecular weight excluding hydrogens is 222 g/mol. The minimum Gasteiger partial charge on any atom is -0.314 e. The fraction of sp³-hybridized carbons (Fsp3) is 0.583. The fourth-order valence-electron chi connectivity index (χ4n) is 2.02. The van der Waals surface area contributed by atoms with Crippen molar-refractivity contribution in [2.75, 3.05) is 19.6 Å². The summed E-state index contributed by atoms with van der Waals surface area (Å²) in [4.78, 5) is 6.84. The number of hydrogen-bond acceptors (Lipinski definition) is 3. The molecule has 90 valence electrons. The monoisotopic (exact) mass is 241 g/mol. The Labute approximate surface area is 104 Å². The summed E-state index contributed by atoms with van der Waals surface area (Å²) in [7, 11) is 0. The number of pyridine rings is 1. The van der Waals surface area contributed by atoms with Gasteiger partial charge in [-0.2, -0.15) is 0 Å². The van der Waals surface area contributed by atoms with Crippen LogP contribution in [0.2, 0.25) is 0 Å². The van der Waals surface area contributed by atoms with Gasteiger partial charge in [0, 0.05) is 44.1 Å². The molecule has 0 bridgehead atoms. The molecule has 2 heterocycles. The highest BCUT2D eigenvalue weighted by Gasteiger charge is 2.18. The second-order valence-electron chi connectivity index (χ2n) is 4.27. The largest absolute Gasteiger partial charge is 0.314 e. The molecule has 1 aliphatic heterocycles. The average molecular weight is 242 g/mol. The van der Waals surface area contributed by atoms with Gasteiger partial charge in [0.25, 0.3) is 0 Å². The van der Waals surface area contributed by atoms with Gasteiger partial charge < -0.3 is 5.32 Å². The molecule has 1 unspecified atom stereocenters. The van der Waals surface area contributed by atoms with Crippen molar-refractivity contribution in [2.24, 2.45) is 0 Å². The molecule has 0 aliphatic carbocycles. The third kappa shape index (κ3) is 3.17. The van der Waals surface area contributed by atoms with E-state index in [1.807, 2.05) is 12.3 Å². The van der Waals surface area contributed by atoms with Crippen LogP contribution >= 0.6 is 12.4 Å². The van der Waals surface area contributed by atoms with Gasteiger partial charge in [-0.25, -0.2) is 0 Å². The minimum atomic E-state index is 0. The molecular formula is C12H20ClN3. The average Bonchev–Trinajstić information content (AvgIpc) is 2.24. The summed E-state index contributed by atoms with van der Waals surface area (Å²) < 4.78 is 0. The van der Waals surface area contributed by atoms with Gasteiger partial charge in [-0.1, -0.05) is 6.07 Å². The molecule has 1 aromatic heterocycles. The third-order valence-corrected chi connectivity index (χ3v) is 3.13. The first-order valence-corrected chi connectivity index (χ1v) is 5.62. The first-order chi connectivity index (χ1) is 7.27. The molecule has 1 aliphatic rings. The van der Waals surface area contributed by atoms with Crippen LogP contribution in [0.25, 0.3) is 0 Å². The summed E-state index contributed by atoms with van der Waals surface area (Å²) in [5.74, 6) is 0. The van der Waals surface area contributed by atoms with Gasteiger partial charge in [0.1, 0.15) is 0 Å². The van der Waals surface area contributed by atoms with Crippen molar-refractivity contribution < 1.29 is 0 Å². The Kier molecular flexibility index (Phi) is 5.19. The smallest absolute Gasteiger partial charge is 0.0417 e. The Hall–Kier alpha value is -0.640. The molecule has 0 saturated carbocycles. The van der Waals surface area contributed by atoms with Crippen LogP contribution in [0, 0.1) is 6.92 Å². The van der Waals surface area contributed by atoms with Crippen molar-refractivity contribution in [3.05, 3.63) is 29.6 Å². The predicted octanol–water partition coefficient (Wildman–Crippen LogP) is 1.61. The van der Waals surface area contributed by atoms with E-state index in [0.717, 1.165) is 31.9 Å². The lowest BCUT2D eigenvalue weighted by Crippen LogP contribution is -2.49. The number of nitrogens with zero attached hydrogens (tertiary/aromatic N) is 2. The van der Waals surface area contributed by atoms with E-state index in [4.69, 9.17) is 0 Å². The molecule has 1 fully saturated rings. The Balaban J connectivity index is 0.00000128. The molecule has 0 amide bonds. The quantitative estimate of drug-likeness (QED) is 0.853. The molecule has 16 heavy (non-hydrogen) atoms. The molecule has 0 aromatic carbocycles. The molecule has 3 nitrogen and oxygen atoms in total. The second kappa shape index (κ2) is 6.18. The van der Waals surface area contributed by atoms with Crippen LogP contribution in [0.15, 0.2) is 18.3 Å². The van der Waals surface area contributed by atoms with Crippen molar-refractivity contribution in [3.8, 4) is 0 Å². The first kappa shape index (κ1) is 13.4. The summed E-state index contributed by atoms with van der Waals surface area (Å²) in [5, 5.41) is 3.41. The van der Waals surface area contributed by atoms with Gasteiger partial charge in [-0.05, 0) is 25.5 Å². The van der Waals surface area contributed by atoms with E-state index in [2.05, 4.69) is 35.1 Å². The van der Waals surface area contributed by atoms with E-state index in [-0.39, 0.29) is 12.4 Å². The molecule has 4 heteroatoms. The van der Waals surface area contributed by atoms with E-state index < -0.39 is 0 Å². The zero-order valence-electron chi connectivity index (χ0n) is 9.94. The number of aromatic nitrogens is 1. The Bertz CT molecular complexity index is 330. The number of aryl methyl sites for hydroxylation is 1. The summed E-state index contributed by atoms with van der Waals surface area (Å²) in [6.07, 6.45) is 1.86. The Morgan fingerprint density at radius 1 is 1.56 bits per heavy atom. The fourth-order valence-corrected chi connectivity index (χ4v) is 2.02. The Morgan fingerprint density at radius 3 is 3.06 bits per heavy atom. The summed E-state index contributed by atoms with van der Waals surface area (Å²) in [6, 6.07) is 4.82. The molecule has 0 radical (unpaired) electrons. The maximum Gasteiger partial charge on any atom is 0.0417 e. The van der Waals surface area contributed by atoms with E-state index in [1.165, 1.54) is 5.56 Å². The van der Waals surface area contributed by atoms with Crippen LogP contribution in [0.4, 0.5) is 0 Å². The van der Waals surface area contributed by atoms with Crippen molar-refractivity contribution in [1.29, 1.82) is 0 Å². The highest BCUT2D eigenvalue weighted by atomic mass is 35.5. The number of hydrogen-bond donors (Lipinski definition) is 1. The molecule has 1 N–H and O–H groups in total. The van der Waals surface area contributed by atoms with Crippen LogP contribution in [0.3, 0.4) is 0 Å². The zero-order chi connectivity index (χ0) is 10.7. The topological polar surface area (TPSA) is 28.2 Å². The van der Waals surface area contributed by atoms with Crippen LogP contribution in [-0.2, 0) is 6.54 Å². The van der Waals surface area contributed by atoms with Crippen molar-refractivity contribution >= 4 is 12.4 Å². The number of rotatable bonds is 2. The highest BCUT2D eigenvalue weighted by Crippen LogP contribution is 2.11. The zero-order valence-corrected chi connectivity index (χ0v) is 10.8. The SMILES string of the molecule is Cc1ncccc1CN1CCNCC1C.Cl. The van der Waals surface area contributed by atoms with Crippen molar-refractivity contribution in [1.82, 2.24) is 15.2 Å². The van der Waals surface area contributed by atoms with Crippen molar-refractivity contribution in [2.45, 2.75) is 26.4 Å². The molecule has 1 saturated heterocycles. The number of piperazine rings is 1. The summed E-state index contributed by atoms with van der Waals surface area (Å²) in [5.41, 5.74) is 2.51. The van der Waals surface area contributed by atoms with Crippen LogP contribution in [0.1, 0.15) is 18.2 Å². The first-order valence-electron chi connectivity index (χ1n) is 5.62. The van der Waals surface area contributed by atoms with Crippen LogP contribution in [-0.4, -0.2) is 35.6 Å². The van der Waals surface area contributed by atoms with Gasteiger partial charge >= 0.3 is 0 Å². The van der Waals surface area contributed by atoms with Gasteiger partial charge in [0.05, 0.1) is 0 Å². The van der Waals surface area contributed by atoms with Gasteiger partial charge in [-0.3, -0.25) is 9.88 Å². The van der Waals surface area contributed by atoms with Gasteiger partial charge in [0.2, 0.25) is 0 Å². The minimum absolute atomic E-state index is 0. The number of nitrogens with one attached hydrogen (secondary N) is 1. The van der Waals surface area contributed by atoms with E-state index >= 15 is 0 Å². The molecule has 0 spiro atoms. The second-order valence-corrected chi connectivity index (χ2v) is 4.27. The summed E-state index contributed by atoms with van der Waals surface area (Å²) in [6.45, 7) is 8.72. The van der Waals surface area contributed by atoms with Crippen LogP contribution < -0.4 is 5.32 Å². The molecule has 1 atom stereocenters. The maximum absolute atomic E-state index is 4.33. The van der Waals surface area contributed by atoms with Gasteiger partial charge in [0.15, 0.2) is 0 Å². The normalized spacial score (nSPS) is 21.5. The van der Waals surface area contributed by atoms with Gasteiger partial charge in [-0.15, -0.1) is 12.4 Å². The highest BCUT2D eigenvalue weighted by molar-refractivity contribution is 5.85.